The van der Waals surface area contributed by atoms with Crippen LogP contribution < -0.4 is 4.90 Å². The fraction of sp³-hybridized carbons (Fsp3) is 0.500. The molecule has 0 spiro atoms. The van der Waals surface area contributed by atoms with E-state index in [4.69, 9.17) is 4.42 Å². The van der Waals surface area contributed by atoms with Gasteiger partial charge in [-0.05, 0) is 18.9 Å². The SMILES string of the molecule is O=C(c1ccoc1)N1CCCC(C(=O)N2CCN(c3nccs3)CC2)C1. The summed E-state index contributed by atoms with van der Waals surface area (Å²) in [5.74, 6) is 0.0179. The Bertz CT molecular complexity index is 739. The van der Waals surface area contributed by atoms with E-state index in [0.29, 0.717) is 31.7 Å². The molecule has 26 heavy (non-hydrogen) atoms. The van der Waals surface area contributed by atoms with Crippen LogP contribution in [0.4, 0.5) is 5.13 Å². The molecule has 138 valence electrons. The molecular weight excluding hydrogens is 352 g/mol. The molecule has 2 aromatic rings. The number of hydrogen-bond acceptors (Lipinski definition) is 6. The van der Waals surface area contributed by atoms with E-state index in [0.717, 1.165) is 31.1 Å². The molecule has 4 rings (SSSR count). The normalized spacial score (nSPS) is 21.1. The third-order valence-electron chi connectivity index (χ3n) is 5.11. The Kier molecular flexibility index (Phi) is 4.92. The Labute approximate surface area is 156 Å². The van der Waals surface area contributed by atoms with Gasteiger partial charge in [0.1, 0.15) is 6.26 Å². The molecule has 0 N–H and O–H groups in total. The van der Waals surface area contributed by atoms with Crippen molar-refractivity contribution in [2.75, 3.05) is 44.2 Å². The summed E-state index contributed by atoms with van der Waals surface area (Å²) in [4.78, 5) is 35.7. The predicted molar refractivity (Wildman–Crippen MR) is 98.2 cm³/mol. The van der Waals surface area contributed by atoms with Gasteiger partial charge in [-0.15, -0.1) is 11.3 Å². The zero-order valence-electron chi connectivity index (χ0n) is 14.5. The van der Waals surface area contributed by atoms with Crippen molar-refractivity contribution in [2.24, 2.45) is 5.92 Å². The molecule has 0 saturated carbocycles. The molecule has 2 aromatic heterocycles. The van der Waals surface area contributed by atoms with E-state index in [2.05, 4.69) is 9.88 Å². The number of carbonyl (C=O) groups is 2. The van der Waals surface area contributed by atoms with Crippen molar-refractivity contribution >= 4 is 28.3 Å². The van der Waals surface area contributed by atoms with E-state index in [9.17, 15) is 9.59 Å². The van der Waals surface area contributed by atoms with Gasteiger partial charge in [0.25, 0.3) is 5.91 Å². The Morgan fingerprint density at radius 3 is 2.69 bits per heavy atom. The first kappa shape index (κ1) is 17.1. The molecule has 0 aliphatic carbocycles. The summed E-state index contributed by atoms with van der Waals surface area (Å²) < 4.78 is 5.01. The van der Waals surface area contributed by atoms with Gasteiger partial charge >= 0.3 is 0 Å². The Hall–Kier alpha value is -2.35. The summed E-state index contributed by atoms with van der Waals surface area (Å²) in [5.41, 5.74) is 0.551. The van der Waals surface area contributed by atoms with Crippen LogP contribution in [0.2, 0.25) is 0 Å². The van der Waals surface area contributed by atoms with E-state index in [1.165, 1.54) is 12.5 Å². The molecule has 4 heterocycles. The molecule has 0 bridgehead atoms. The number of furan rings is 1. The van der Waals surface area contributed by atoms with Gasteiger partial charge in [-0.25, -0.2) is 4.98 Å². The van der Waals surface area contributed by atoms with Gasteiger partial charge in [0.05, 0.1) is 17.7 Å². The quantitative estimate of drug-likeness (QED) is 0.821. The summed E-state index contributed by atoms with van der Waals surface area (Å²) >= 11 is 1.63. The highest BCUT2D eigenvalue weighted by molar-refractivity contribution is 7.13. The smallest absolute Gasteiger partial charge is 0.257 e. The lowest BCUT2D eigenvalue weighted by Crippen LogP contribution is -2.53. The van der Waals surface area contributed by atoms with Crippen LogP contribution in [0.15, 0.2) is 34.6 Å². The molecule has 1 unspecified atom stereocenters. The lowest BCUT2D eigenvalue weighted by Gasteiger charge is -2.38. The second-order valence-corrected chi connectivity index (χ2v) is 7.60. The van der Waals surface area contributed by atoms with Gasteiger partial charge < -0.3 is 19.1 Å². The van der Waals surface area contributed by atoms with Crippen LogP contribution in [-0.4, -0.2) is 65.9 Å². The highest BCUT2D eigenvalue weighted by atomic mass is 32.1. The lowest BCUT2D eigenvalue weighted by molar-refractivity contribution is -0.137. The fourth-order valence-corrected chi connectivity index (χ4v) is 4.38. The summed E-state index contributed by atoms with van der Waals surface area (Å²) in [6, 6.07) is 1.67. The monoisotopic (exact) mass is 374 g/mol. The lowest BCUT2D eigenvalue weighted by atomic mass is 9.95. The third-order valence-corrected chi connectivity index (χ3v) is 5.94. The van der Waals surface area contributed by atoms with E-state index >= 15 is 0 Å². The van der Waals surface area contributed by atoms with Gasteiger partial charge in [-0.1, -0.05) is 0 Å². The van der Waals surface area contributed by atoms with Gasteiger partial charge in [-0.3, -0.25) is 9.59 Å². The maximum absolute atomic E-state index is 12.9. The number of amides is 2. The average Bonchev–Trinajstić information content (AvgIpc) is 3.41. The van der Waals surface area contributed by atoms with Gasteiger partial charge in [-0.2, -0.15) is 0 Å². The minimum absolute atomic E-state index is 0.0511. The Morgan fingerprint density at radius 2 is 2.00 bits per heavy atom. The number of likely N-dealkylation sites (tertiary alicyclic amines) is 1. The minimum atomic E-state index is -0.106. The summed E-state index contributed by atoms with van der Waals surface area (Å²) in [6.07, 6.45) is 6.48. The average molecular weight is 374 g/mol. The molecular formula is C18H22N4O3S. The number of thiazole rings is 1. The third kappa shape index (κ3) is 3.46. The maximum Gasteiger partial charge on any atom is 0.257 e. The van der Waals surface area contributed by atoms with Crippen molar-refractivity contribution in [3.05, 3.63) is 35.7 Å². The van der Waals surface area contributed by atoms with Crippen molar-refractivity contribution in [1.82, 2.24) is 14.8 Å². The van der Waals surface area contributed by atoms with Gasteiger partial charge in [0, 0.05) is 50.8 Å². The standard InChI is InChI=1S/C18H22N4O3S/c23-16(20-6-8-21(9-7-20)18-19-4-11-26-18)14-2-1-5-22(12-14)17(24)15-3-10-25-13-15/h3-4,10-11,13-14H,1-2,5-9,12H2. The second kappa shape index (κ2) is 7.49. The van der Waals surface area contributed by atoms with Crippen molar-refractivity contribution in [2.45, 2.75) is 12.8 Å². The van der Waals surface area contributed by atoms with Gasteiger partial charge in [0.2, 0.25) is 5.91 Å². The van der Waals surface area contributed by atoms with Crippen molar-refractivity contribution in [1.29, 1.82) is 0 Å². The molecule has 2 fully saturated rings. The van der Waals surface area contributed by atoms with Crippen LogP contribution >= 0.6 is 11.3 Å². The highest BCUT2D eigenvalue weighted by Gasteiger charge is 2.33. The number of aromatic nitrogens is 1. The van der Waals surface area contributed by atoms with E-state index < -0.39 is 0 Å². The molecule has 7 nitrogen and oxygen atoms in total. The molecule has 1 atom stereocenters. The maximum atomic E-state index is 12.9. The summed E-state index contributed by atoms with van der Waals surface area (Å²) in [5, 5.41) is 2.99. The second-order valence-electron chi connectivity index (χ2n) is 6.73. The zero-order chi connectivity index (χ0) is 17.9. The number of piperazine rings is 1. The molecule has 8 heteroatoms. The van der Waals surface area contributed by atoms with Crippen molar-refractivity contribution < 1.29 is 14.0 Å². The number of piperidine rings is 1. The van der Waals surface area contributed by atoms with Crippen LogP contribution in [0.25, 0.3) is 0 Å². The Morgan fingerprint density at radius 1 is 1.15 bits per heavy atom. The Balaban J connectivity index is 1.34. The molecule has 2 aliphatic heterocycles. The first-order chi connectivity index (χ1) is 12.7. The molecule has 2 amide bonds. The molecule has 0 radical (unpaired) electrons. The number of rotatable bonds is 3. The summed E-state index contributed by atoms with van der Waals surface area (Å²) in [6.45, 7) is 4.24. The molecule has 2 saturated heterocycles. The minimum Gasteiger partial charge on any atom is -0.472 e. The largest absolute Gasteiger partial charge is 0.472 e. The van der Waals surface area contributed by atoms with Crippen LogP contribution in [-0.2, 0) is 4.79 Å². The van der Waals surface area contributed by atoms with E-state index in [1.807, 2.05) is 16.5 Å². The van der Waals surface area contributed by atoms with E-state index in [-0.39, 0.29) is 17.7 Å². The van der Waals surface area contributed by atoms with Crippen molar-refractivity contribution in [3.63, 3.8) is 0 Å². The van der Waals surface area contributed by atoms with Crippen LogP contribution in [0.5, 0.6) is 0 Å². The highest BCUT2D eigenvalue weighted by Crippen LogP contribution is 2.23. The fourth-order valence-electron chi connectivity index (χ4n) is 3.68. The van der Waals surface area contributed by atoms with Crippen LogP contribution in [0, 0.1) is 5.92 Å². The molecule has 2 aliphatic rings. The van der Waals surface area contributed by atoms with Crippen molar-refractivity contribution in [3.8, 4) is 0 Å². The van der Waals surface area contributed by atoms with Crippen LogP contribution in [0.3, 0.4) is 0 Å². The predicted octanol–water partition coefficient (Wildman–Crippen LogP) is 1.94. The summed E-state index contributed by atoms with van der Waals surface area (Å²) in [7, 11) is 0. The van der Waals surface area contributed by atoms with Gasteiger partial charge in [0.15, 0.2) is 5.13 Å². The topological polar surface area (TPSA) is 69.9 Å². The molecule has 0 aromatic carbocycles. The number of anilines is 1. The van der Waals surface area contributed by atoms with Crippen LogP contribution in [0.1, 0.15) is 23.2 Å². The number of nitrogens with zero attached hydrogens (tertiary/aromatic N) is 4. The first-order valence-corrected chi connectivity index (χ1v) is 9.85. The zero-order valence-corrected chi connectivity index (χ0v) is 15.4. The number of carbonyl (C=O) groups excluding carboxylic acids is 2. The number of hydrogen-bond donors (Lipinski definition) is 0. The van der Waals surface area contributed by atoms with E-state index in [1.54, 1.807) is 22.3 Å². The first-order valence-electron chi connectivity index (χ1n) is 8.97.